The predicted molar refractivity (Wildman–Crippen MR) is 88.9 cm³/mol. The Balaban J connectivity index is 1.29. The third-order valence-electron chi connectivity index (χ3n) is 6.60. The van der Waals surface area contributed by atoms with Crippen LogP contribution in [-0.2, 0) is 4.74 Å². The van der Waals surface area contributed by atoms with Gasteiger partial charge < -0.3 is 15.4 Å². The first-order valence-electron chi connectivity index (χ1n) is 9.27. The van der Waals surface area contributed by atoms with Gasteiger partial charge >= 0.3 is 0 Å². The highest BCUT2D eigenvalue weighted by atomic mass is 16.5. The molecule has 0 aromatic rings. The average Bonchev–Trinajstić information content (AvgIpc) is 2.99. The molecule has 5 rings (SSSR count). The Hall–Kier alpha value is -0.770. The van der Waals surface area contributed by atoms with Gasteiger partial charge in [-0.25, -0.2) is 0 Å². The number of ether oxygens (including phenoxy) is 1. The highest BCUT2D eigenvalue weighted by molar-refractivity contribution is 5.79. The molecule has 0 aromatic carbocycles. The number of hydrogen-bond acceptors (Lipinski definition) is 2. The maximum absolute atomic E-state index is 5.45. The zero-order valence-electron chi connectivity index (χ0n) is 13.9. The Kier molecular flexibility index (Phi) is 4.05. The van der Waals surface area contributed by atoms with Crippen LogP contribution in [0.25, 0.3) is 0 Å². The lowest BCUT2D eigenvalue weighted by Crippen LogP contribution is -2.52. The average molecular weight is 305 g/mol. The molecule has 4 bridgehead atoms. The fourth-order valence-corrected chi connectivity index (χ4v) is 5.98. The normalized spacial score (nSPS) is 43.6. The van der Waals surface area contributed by atoms with Gasteiger partial charge in [0.25, 0.3) is 0 Å². The molecule has 4 aliphatic carbocycles. The van der Waals surface area contributed by atoms with E-state index in [1.165, 1.54) is 44.9 Å². The SMILES string of the molecule is CN=C(NCC1CCOC1)NCC12CC3CC(CC(C3)C1)C2. The van der Waals surface area contributed by atoms with Gasteiger partial charge in [-0.3, -0.25) is 4.99 Å². The number of rotatable bonds is 4. The fraction of sp³-hybridized carbons (Fsp3) is 0.944. The summed E-state index contributed by atoms with van der Waals surface area (Å²) in [6.07, 6.45) is 10.1. The predicted octanol–water partition coefficient (Wildman–Crippen LogP) is 2.40. The largest absolute Gasteiger partial charge is 0.381 e. The van der Waals surface area contributed by atoms with Gasteiger partial charge in [0, 0.05) is 32.7 Å². The molecule has 0 radical (unpaired) electrons. The van der Waals surface area contributed by atoms with E-state index in [1.807, 2.05) is 7.05 Å². The zero-order chi connectivity index (χ0) is 15.0. The molecular formula is C18H31N3O. The second kappa shape index (κ2) is 6.03. The van der Waals surface area contributed by atoms with Gasteiger partial charge in [-0.2, -0.15) is 0 Å². The molecule has 5 aliphatic rings. The molecule has 22 heavy (non-hydrogen) atoms. The lowest BCUT2D eigenvalue weighted by Gasteiger charge is -2.57. The fourth-order valence-electron chi connectivity index (χ4n) is 5.98. The number of nitrogens with zero attached hydrogens (tertiary/aromatic N) is 1. The van der Waals surface area contributed by atoms with Crippen LogP contribution in [-0.4, -0.2) is 39.3 Å². The van der Waals surface area contributed by atoms with E-state index in [0.717, 1.165) is 50.0 Å². The molecule has 4 heteroatoms. The minimum atomic E-state index is 0.572. The minimum absolute atomic E-state index is 0.572. The Bertz CT molecular complexity index is 393. The summed E-state index contributed by atoms with van der Waals surface area (Å²) in [6.45, 7) is 3.93. The molecule has 1 aliphatic heterocycles. The molecule has 0 spiro atoms. The van der Waals surface area contributed by atoms with Crippen molar-refractivity contribution in [3.8, 4) is 0 Å². The highest BCUT2D eigenvalue weighted by Crippen LogP contribution is 2.59. The standard InChI is InChI=1S/C18H31N3O/c1-19-17(20-10-13-2-3-22-11-13)21-12-18-7-14-4-15(8-18)6-16(5-14)9-18/h13-16H,2-12H2,1H3,(H2,19,20,21). The number of aliphatic imine (C=N–C) groups is 1. The Morgan fingerprint density at radius 3 is 2.32 bits per heavy atom. The van der Waals surface area contributed by atoms with Crippen LogP contribution in [0.5, 0.6) is 0 Å². The summed E-state index contributed by atoms with van der Waals surface area (Å²) < 4.78 is 5.45. The Morgan fingerprint density at radius 2 is 1.77 bits per heavy atom. The lowest BCUT2D eigenvalue weighted by molar-refractivity contribution is -0.0492. The van der Waals surface area contributed by atoms with E-state index in [0.29, 0.717) is 11.3 Å². The number of guanidine groups is 1. The molecule has 5 fully saturated rings. The molecule has 1 unspecified atom stereocenters. The van der Waals surface area contributed by atoms with E-state index >= 15 is 0 Å². The van der Waals surface area contributed by atoms with Crippen molar-refractivity contribution in [1.29, 1.82) is 0 Å². The van der Waals surface area contributed by atoms with Crippen molar-refractivity contribution in [1.82, 2.24) is 10.6 Å². The molecule has 4 nitrogen and oxygen atoms in total. The van der Waals surface area contributed by atoms with Gasteiger partial charge in [-0.15, -0.1) is 0 Å². The Morgan fingerprint density at radius 1 is 1.09 bits per heavy atom. The van der Waals surface area contributed by atoms with Gasteiger partial charge in [-0.05, 0) is 68.1 Å². The van der Waals surface area contributed by atoms with Gasteiger partial charge in [0.15, 0.2) is 5.96 Å². The molecule has 124 valence electrons. The summed E-state index contributed by atoms with van der Waals surface area (Å²) in [5, 5.41) is 7.15. The van der Waals surface area contributed by atoms with Crippen molar-refractivity contribution in [3.63, 3.8) is 0 Å². The number of nitrogens with one attached hydrogen (secondary N) is 2. The van der Waals surface area contributed by atoms with Gasteiger partial charge in [0.1, 0.15) is 0 Å². The number of hydrogen-bond donors (Lipinski definition) is 2. The van der Waals surface area contributed by atoms with E-state index in [4.69, 9.17) is 4.74 Å². The summed E-state index contributed by atoms with van der Waals surface area (Å²) in [4.78, 5) is 4.42. The second-order valence-electron chi connectivity index (χ2n) is 8.45. The van der Waals surface area contributed by atoms with Gasteiger partial charge in [0.2, 0.25) is 0 Å². The van der Waals surface area contributed by atoms with Crippen molar-refractivity contribution >= 4 is 5.96 Å². The van der Waals surface area contributed by atoms with Crippen LogP contribution in [0, 0.1) is 29.1 Å². The van der Waals surface area contributed by atoms with Crippen LogP contribution in [0.2, 0.25) is 0 Å². The lowest BCUT2D eigenvalue weighted by atomic mass is 9.49. The summed E-state index contributed by atoms with van der Waals surface area (Å²) in [6, 6.07) is 0. The van der Waals surface area contributed by atoms with E-state index in [2.05, 4.69) is 15.6 Å². The molecule has 2 N–H and O–H groups in total. The molecule has 1 saturated heterocycles. The summed E-state index contributed by atoms with van der Waals surface area (Å²) in [7, 11) is 1.89. The van der Waals surface area contributed by atoms with Crippen LogP contribution < -0.4 is 10.6 Å². The maximum Gasteiger partial charge on any atom is 0.191 e. The summed E-state index contributed by atoms with van der Waals surface area (Å²) in [5.74, 6) is 4.72. The van der Waals surface area contributed by atoms with Crippen molar-refractivity contribution in [2.45, 2.75) is 44.9 Å². The molecule has 1 atom stereocenters. The zero-order valence-corrected chi connectivity index (χ0v) is 13.9. The van der Waals surface area contributed by atoms with Crippen LogP contribution in [0.15, 0.2) is 4.99 Å². The quantitative estimate of drug-likeness (QED) is 0.619. The van der Waals surface area contributed by atoms with E-state index in [-0.39, 0.29) is 0 Å². The first-order valence-corrected chi connectivity index (χ1v) is 9.27. The van der Waals surface area contributed by atoms with E-state index < -0.39 is 0 Å². The summed E-state index contributed by atoms with van der Waals surface area (Å²) in [5.41, 5.74) is 0.572. The van der Waals surface area contributed by atoms with Gasteiger partial charge in [-0.1, -0.05) is 0 Å². The van der Waals surface area contributed by atoms with Crippen LogP contribution in [0.4, 0.5) is 0 Å². The van der Waals surface area contributed by atoms with Crippen molar-refractivity contribution < 1.29 is 4.74 Å². The van der Waals surface area contributed by atoms with Crippen molar-refractivity contribution in [2.75, 3.05) is 33.4 Å². The summed E-state index contributed by atoms with van der Waals surface area (Å²) >= 11 is 0. The first-order chi connectivity index (χ1) is 10.7. The van der Waals surface area contributed by atoms with Crippen LogP contribution >= 0.6 is 0 Å². The topological polar surface area (TPSA) is 45.7 Å². The molecule has 1 heterocycles. The molecular weight excluding hydrogens is 274 g/mol. The highest BCUT2D eigenvalue weighted by Gasteiger charge is 2.50. The monoisotopic (exact) mass is 305 g/mol. The first kappa shape index (κ1) is 14.8. The van der Waals surface area contributed by atoms with Crippen molar-refractivity contribution in [2.24, 2.45) is 34.1 Å². The van der Waals surface area contributed by atoms with E-state index in [1.54, 1.807) is 0 Å². The maximum atomic E-state index is 5.45. The molecule has 0 aromatic heterocycles. The third kappa shape index (κ3) is 2.99. The molecule has 4 saturated carbocycles. The Labute approximate surface area is 134 Å². The smallest absolute Gasteiger partial charge is 0.191 e. The van der Waals surface area contributed by atoms with Gasteiger partial charge in [0.05, 0.1) is 6.61 Å². The van der Waals surface area contributed by atoms with Crippen LogP contribution in [0.1, 0.15) is 44.9 Å². The van der Waals surface area contributed by atoms with Crippen LogP contribution in [0.3, 0.4) is 0 Å². The second-order valence-corrected chi connectivity index (χ2v) is 8.45. The minimum Gasteiger partial charge on any atom is -0.381 e. The molecule has 0 amide bonds. The van der Waals surface area contributed by atoms with Crippen molar-refractivity contribution in [3.05, 3.63) is 0 Å². The van der Waals surface area contributed by atoms with E-state index in [9.17, 15) is 0 Å². The third-order valence-corrected chi connectivity index (χ3v) is 6.60.